The first-order valence-corrected chi connectivity index (χ1v) is 7.21. The molecule has 2 atom stereocenters. The molecular weight excluding hydrogens is 196 g/mol. The molecule has 1 aliphatic carbocycles. The van der Waals surface area contributed by atoms with E-state index in [-0.39, 0.29) is 0 Å². The van der Waals surface area contributed by atoms with Crippen LogP contribution in [0.15, 0.2) is 0 Å². The highest BCUT2D eigenvalue weighted by atomic mass is 15.1. The van der Waals surface area contributed by atoms with E-state index < -0.39 is 0 Å². The quantitative estimate of drug-likeness (QED) is 0.730. The lowest BCUT2D eigenvalue weighted by atomic mass is 9.92. The minimum atomic E-state index is 0.409. The first-order chi connectivity index (χ1) is 7.75. The lowest BCUT2D eigenvalue weighted by Gasteiger charge is -2.34. The summed E-state index contributed by atoms with van der Waals surface area (Å²) in [7, 11) is 2.27. The molecule has 0 aromatic heterocycles. The van der Waals surface area contributed by atoms with Crippen LogP contribution in [0.4, 0.5) is 0 Å². The Labute approximate surface area is 102 Å². The Morgan fingerprint density at radius 1 is 1.06 bits per heavy atom. The monoisotopic (exact) mass is 226 g/mol. The summed E-state index contributed by atoms with van der Waals surface area (Å²) in [5.41, 5.74) is 6.31. The fraction of sp³-hybridized carbons (Fsp3) is 1.00. The third-order valence-electron chi connectivity index (χ3n) is 3.96. The second-order valence-corrected chi connectivity index (χ2v) is 5.41. The topological polar surface area (TPSA) is 29.3 Å². The van der Waals surface area contributed by atoms with Gasteiger partial charge in [-0.15, -0.1) is 0 Å². The summed E-state index contributed by atoms with van der Waals surface area (Å²) in [6.45, 7) is 3.49. The number of rotatable bonds is 5. The van der Waals surface area contributed by atoms with Crippen LogP contribution in [0.25, 0.3) is 0 Å². The Hall–Kier alpha value is -0.0800. The first kappa shape index (κ1) is 14.0. The SMILES string of the molecule is CCCCCN(C)C1CCCCCCC1N. The smallest absolute Gasteiger partial charge is 0.0244 e. The number of hydrogen-bond donors (Lipinski definition) is 1. The molecule has 16 heavy (non-hydrogen) atoms. The van der Waals surface area contributed by atoms with Gasteiger partial charge in [0.1, 0.15) is 0 Å². The zero-order chi connectivity index (χ0) is 11.8. The normalized spacial score (nSPS) is 27.8. The van der Waals surface area contributed by atoms with E-state index in [1.807, 2.05) is 0 Å². The summed E-state index contributed by atoms with van der Waals surface area (Å²) < 4.78 is 0. The van der Waals surface area contributed by atoms with Gasteiger partial charge in [0.2, 0.25) is 0 Å². The standard InChI is InChI=1S/C14H30N2/c1-3-4-9-12-16(2)14-11-8-6-5-7-10-13(14)15/h13-14H,3-12,15H2,1-2H3. The molecule has 0 saturated heterocycles. The molecule has 2 N–H and O–H groups in total. The maximum absolute atomic E-state index is 6.31. The van der Waals surface area contributed by atoms with Gasteiger partial charge in [0.05, 0.1) is 0 Å². The van der Waals surface area contributed by atoms with Gasteiger partial charge in [-0.1, -0.05) is 45.4 Å². The Bertz CT molecular complexity index is 170. The van der Waals surface area contributed by atoms with Gasteiger partial charge in [0, 0.05) is 12.1 Å². The first-order valence-electron chi connectivity index (χ1n) is 7.21. The van der Waals surface area contributed by atoms with Crippen LogP contribution in [-0.2, 0) is 0 Å². The molecule has 0 amide bonds. The molecule has 0 spiro atoms. The highest BCUT2D eigenvalue weighted by Gasteiger charge is 2.22. The molecule has 2 heteroatoms. The van der Waals surface area contributed by atoms with Gasteiger partial charge >= 0.3 is 0 Å². The van der Waals surface area contributed by atoms with Crippen molar-refractivity contribution >= 4 is 0 Å². The molecule has 2 unspecified atom stereocenters. The lowest BCUT2D eigenvalue weighted by Crippen LogP contribution is -2.46. The summed E-state index contributed by atoms with van der Waals surface area (Å²) >= 11 is 0. The number of likely N-dealkylation sites (N-methyl/N-ethyl adjacent to an activating group) is 1. The van der Waals surface area contributed by atoms with Gasteiger partial charge in [-0.05, 0) is 32.9 Å². The molecule has 2 nitrogen and oxygen atoms in total. The molecule has 0 aromatic rings. The van der Waals surface area contributed by atoms with E-state index in [0.717, 1.165) is 0 Å². The Morgan fingerprint density at radius 2 is 1.75 bits per heavy atom. The van der Waals surface area contributed by atoms with Crippen molar-refractivity contribution in [2.24, 2.45) is 5.73 Å². The highest BCUT2D eigenvalue weighted by Crippen LogP contribution is 2.20. The van der Waals surface area contributed by atoms with Crippen LogP contribution in [0, 0.1) is 0 Å². The van der Waals surface area contributed by atoms with E-state index >= 15 is 0 Å². The number of unbranched alkanes of at least 4 members (excludes halogenated alkanes) is 2. The summed E-state index contributed by atoms with van der Waals surface area (Å²) in [6.07, 6.45) is 12.0. The van der Waals surface area contributed by atoms with Crippen LogP contribution in [0.5, 0.6) is 0 Å². The number of hydrogen-bond acceptors (Lipinski definition) is 2. The van der Waals surface area contributed by atoms with Crippen molar-refractivity contribution < 1.29 is 0 Å². The summed E-state index contributed by atoms with van der Waals surface area (Å²) in [4.78, 5) is 2.52. The van der Waals surface area contributed by atoms with Crippen molar-refractivity contribution in [2.45, 2.75) is 76.8 Å². The molecule has 0 aliphatic heterocycles. The van der Waals surface area contributed by atoms with Crippen molar-refractivity contribution in [1.29, 1.82) is 0 Å². The third-order valence-corrected chi connectivity index (χ3v) is 3.96. The predicted octanol–water partition coefficient (Wildman–Crippen LogP) is 3.16. The van der Waals surface area contributed by atoms with Crippen molar-refractivity contribution in [2.75, 3.05) is 13.6 Å². The van der Waals surface area contributed by atoms with E-state index in [9.17, 15) is 0 Å². The fourth-order valence-electron chi connectivity index (χ4n) is 2.82. The highest BCUT2D eigenvalue weighted by molar-refractivity contribution is 4.82. The van der Waals surface area contributed by atoms with Crippen molar-refractivity contribution in [3.8, 4) is 0 Å². The fourth-order valence-corrected chi connectivity index (χ4v) is 2.82. The number of nitrogens with two attached hydrogens (primary N) is 1. The minimum absolute atomic E-state index is 0.409. The summed E-state index contributed by atoms with van der Waals surface area (Å²) in [6, 6.07) is 1.05. The summed E-state index contributed by atoms with van der Waals surface area (Å²) in [5.74, 6) is 0. The lowest BCUT2D eigenvalue weighted by molar-refractivity contribution is 0.179. The molecular formula is C14H30N2. The zero-order valence-electron chi connectivity index (χ0n) is 11.3. The molecule has 0 radical (unpaired) electrons. The van der Waals surface area contributed by atoms with E-state index in [0.29, 0.717) is 12.1 Å². The van der Waals surface area contributed by atoms with E-state index in [1.54, 1.807) is 0 Å². The molecule has 1 rings (SSSR count). The van der Waals surface area contributed by atoms with Crippen molar-refractivity contribution in [3.05, 3.63) is 0 Å². The Kier molecular flexibility index (Phi) is 7.06. The largest absolute Gasteiger partial charge is 0.326 e. The second-order valence-electron chi connectivity index (χ2n) is 5.41. The van der Waals surface area contributed by atoms with Crippen LogP contribution in [0.1, 0.15) is 64.7 Å². The zero-order valence-corrected chi connectivity index (χ0v) is 11.3. The molecule has 96 valence electrons. The van der Waals surface area contributed by atoms with E-state index in [1.165, 1.54) is 64.3 Å². The minimum Gasteiger partial charge on any atom is -0.326 e. The molecule has 1 fully saturated rings. The maximum atomic E-state index is 6.31. The van der Waals surface area contributed by atoms with Crippen LogP contribution in [-0.4, -0.2) is 30.6 Å². The van der Waals surface area contributed by atoms with Gasteiger partial charge in [-0.25, -0.2) is 0 Å². The maximum Gasteiger partial charge on any atom is 0.0244 e. The molecule has 0 heterocycles. The van der Waals surface area contributed by atoms with Gasteiger partial charge < -0.3 is 10.6 Å². The molecule has 1 aliphatic rings. The van der Waals surface area contributed by atoms with E-state index in [2.05, 4.69) is 18.9 Å². The van der Waals surface area contributed by atoms with Gasteiger partial charge in [-0.2, -0.15) is 0 Å². The predicted molar refractivity (Wildman–Crippen MR) is 71.6 cm³/mol. The average Bonchev–Trinajstić information content (AvgIpc) is 2.24. The van der Waals surface area contributed by atoms with Gasteiger partial charge in [0.15, 0.2) is 0 Å². The Morgan fingerprint density at radius 3 is 2.44 bits per heavy atom. The van der Waals surface area contributed by atoms with E-state index in [4.69, 9.17) is 5.73 Å². The molecule has 1 saturated carbocycles. The Balaban J connectivity index is 2.33. The molecule has 0 bridgehead atoms. The number of nitrogens with zero attached hydrogens (tertiary/aromatic N) is 1. The van der Waals surface area contributed by atoms with Crippen molar-refractivity contribution in [3.63, 3.8) is 0 Å². The second kappa shape index (κ2) is 8.08. The van der Waals surface area contributed by atoms with Crippen LogP contribution in [0.2, 0.25) is 0 Å². The van der Waals surface area contributed by atoms with Gasteiger partial charge in [0.25, 0.3) is 0 Å². The van der Waals surface area contributed by atoms with Crippen LogP contribution >= 0.6 is 0 Å². The average molecular weight is 226 g/mol. The van der Waals surface area contributed by atoms with Crippen molar-refractivity contribution in [1.82, 2.24) is 4.90 Å². The van der Waals surface area contributed by atoms with Gasteiger partial charge in [-0.3, -0.25) is 0 Å². The molecule has 0 aromatic carbocycles. The third kappa shape index (κ3) is 4.84. The summed E-state index contributed by atoms with van der Waals surface area (Å²) in [5, 5.41) is 0. The van der Waals surface area contributed by atoms with Crippen LogP contribution in [0.3, 0.4) is 0 Å². The van der Waals surface area contributed by atoms with Crippen LogP contribution < -0.4 is 5.73 Å².